The number of hydrogen-bond donors (Lipinski definition) is 2. The quantitative estimate of drug-likeness (QED) is 0.412. The highest BCUT2D eigenvalue weighted by molar-refractivity contribution is 7.19. The van der Waals surface area contributed by atoms with Gasteiger partial charge in [0.05, 0.1) is 16.3 Å². The van der Waals surface area contributed by atoms with Gasteiger partial charge in [-0.15, -0.1) is 11.3 Å². The number of carbonyl (C=O) groups excluding carboxylic acids is 1. The van der Waals surface area contributed by atoms with Gasteiger partial charge in [0.25, 0.3) is 0 Å². The van der Waals surface area contributed by atoms with Crippen LogP contribution in [0.4, 0.5) is 4.79 Å². The SMILES string of the molecule is COC(N)C(C(N)=NC1CCCN(C(=O)OC(C)(C)C)C1)c1nc2cccc(C)c2s1. The van der Waals surface area contributed by atoms with E-state index in [1.165, 1.54) is 0 Å². The summed E-state index contributed by atoms with van der Waals surface area (Å²) in [6, 6.07) is 5.89. The Hall–Kier alpha value is -2.23. The summed E-state index contributed by atoms with van der Waals surface area (Å²) in [5, 5.41) is 0.778. The summed E-state index contributed by atoms with van der Waals surface area (Å²) < 4.78 is 12.0. The molecule has 4 N–H and O–H groups in total. The molecule has 8 nitrogen and oxygen atoms in total. The largest absolute Gasteiger partial charge is 0.444 e. The van der Waals surface area contributed by atoms with E-state index in [9.17, 15) is 4.79 Å². The van der Waals surface area contributed by atoms with Gasteiger partial charge in [-0.05, 0) is 52.2 Å². The van der Waals surface area contributed by atoms with E-state index >= 15 is 0 Å². The van der Waals surface area contributed by atoms with Gasteiger partial charge in [-0.25, -0.2) is 9.78 Å². The van der Waals surface area contributed by atoms with Crippen molar-refractivity contribution >= 4 is 33.5 Å². The minimum atomic E-state index is -0.671. The second kappa shape index (κ2) is 9.50. The predicted octanol–water partition coefficient (Wildman–Crippen LogP) is 3.38. The molecule has 0 spiro atoms. The Kier molecular flexibility index (Phi) is 7.18. The number of amidine groups is 1. The second-order valence-corrected chi connectivity index (χ2v) is 9.96. The van der Waals surface area contributed by atoms with Crippen LogP contribution in [-0.4, -0.2) is 59.9 Å². The number of fused-ring (bicyclic) bond motifs is 1. The smallest absolute Gasteiger partial charge is 0.410 e. The van der Waals surface area contributed by atoms with Crippen LogP contribution in [0.5, 0.6) is 0 Å². The molecule has 1 aliphatic rings. The third-order valence-electron chi connectivity index (χ3n) is 5.19. The Morgan fingerprint density at radius 2 is 2.13 bits per heavy atom. The lowest BCUT2D eigenvalue weighted by molar-refractivity contribution is 0.0200. The summed E-state index contributed by atoms with van der Waals surface area (Å²) in [5.41, 5.74) is 14.3. The molecule has 0 saturated carbocycles. The topological polar surface area (TPSA) is 116 Å². The van der Waals surface area contributed by atoms with E-state index in [0.29, 0.717) is 18.9 Å². The van der Waals surface area contributed by atoms with E-state index < -0.39 is 17.7 Å². The molecule has 1 aromatic heterocycles. The average molecular weight is 448 g/mol. The molecule has 0 aliphatic carbocycles. The van der Waals surface area contributed by atoms with Gasteiger partial charge in [-0.2, -0.15) is 0 Å². The van der Waals surface area contributed by atoms with Crippen LogP contribution in [0.1, 0.15) is 50.1 Å². The minimum Gasteiger partial charge on any atom is -0.444 e. The van der Waals surface area contributed by atoms with Crippen molar-refractivity contribution < 1.29 is 14.3 Å². The van der Waals surface area contributed by atoms with Gasteiger partial charge in [0.2, 0.25) is 0 Å². The number of aromatic nitrogens is 1. The molecule has 0 radical (unpaired) electrons. The zero-order valence-electron chi connectivity index (χ0n) is 18.9. The van der Waals surface area contributed by atoms with Crippen molar-refractivity contribution in [3.63, 3.8) is 0 Å². The highest BCUT2D eigenvalue weighted by Gasteiger charge is 2.31. The van der Waals surface area contributed by atoms with E-state index in [-0.39, 0.29) is 12.1 Å². The molecule has 3 atom stereocenters. The summed E-state index contributed by atoms with van der Waals surface area (Å²) in [6.07, 6.45) is 0.684. The van der Waals surface area contributed by atoms with Crippen LogP contribution in [0.2, 0.25) is 0 Å². The number of thiazole rings is 1. The number of aryl methyl sites for hydroxylation is 1. The molecule has 2 aromatic rings. The van der Waals surface area contributed by atoms with Crippen LogP contribution in [0, 0.1) is 6.92 Å². The lowest BCUT2D eigenvalue weighted by Gasteiger charge is -2.33. The average Bonchev–Trinajstić information content (AvgIpc) is 3.12. The monoisotopic (exact) mass is 447 g/mol. The molecule has 170 valence electrons. The van der Waals surface area contributed by atoms with Gasteiger partial charge >= 0.3 is 6.09 Å². The number of amides is 1. The predicted molar refractivity (Wildman–Crippen MR) is 125 cm³/mol. The fraction of sp³-hybridized carbons (Fsp3) is 0.591. The number of hydrogen-bond acceptors (Lipinski definition) is 7. The molecule has 0 bridgehead atoms. The number of piperidine rings is 1. The van der Waals surface area contributed by atoms with Crippen LogP contribution in [0.25, 0.3) is 10.2 Å². The number of nitrogens with two attached hydrogens (primary N) is 2. The third kappa shape index (κ3) is 5.72. The van der Waals surface area contributed by atoms with Crippen LogP contribution in [0.15, 0.2) is 23.2 Å². The molecule has 9 heteroatoms. The number of carbonyl (C=O) groups is 1. The number of aliphatic imine (C=N–C) groups is 1. The van der Waals surface area contributed by atoms with Gasteiger partial charge < -0.3 is 25.8 Å². The summed E-state index contributed by atoms with van der Waals surface area (Å²) in [5.74, 6) is -0.0826. The molecule has 3 rings (SSSR count). The van der Waals surface area contributed by atoms with Crippen LogP contribution >= 0.6 is 11.3 Å². The van der Waals surface area contributed by atoms with Crippen molar-refractivity contribution in [2.45, 2.75) is 64.3 Å². The van der Waals surface area contributed by atoms with Gasteiger partial charge in [0, 0.05) is 20.2 Å². The van der Waals surface area contributed by atoms with E-state index in [0.717, 1.165) is 33.6 Å². The van der Waals surface area contributed by atoms with E-state index in [4.69, 9.17) is 30.9 Å². The van der Waals surface area contributed by atoms with E-state index in [2.05, 4.69) is 13.0 Å². The molecule has 1 fully saturated rings. The zero-order chi connectivity index (χ0) is 22.8. The molecule has 1 aromatic carbocycles. The summed E-state index contributed by atoms with van der Waals surface area (Å²) >= 11 is 1.56. The highest BCUT2D eigenvalue weighted by Crippen LogP contribution is 2.32. The molecular weight excluding hydrogens is 414 g/mol. The fourth-order valence-electron chi connectivity index (χ4n) is 3.65. The summed E-state index contributed by atoms with van der Waals surface area (Å²) in [6.45, 7) is 8.75. The number of rotatable bonds is 5. The number of likely N-dealkylation sites (tertiary alicyclic amines) is 1. The maximum absolute atomic E-state index is 12.5. The van der Waals surface area contributed by atoms with Gasteiger partial charge in [-0.1, -0.05) is 12.1 Å². The first-order valence-electron chi connectivity index (χ1n) is 10.5. The first kappa shape index (κ1) is 23.4. The normalized spacial score (nSPS) is 20.0. The lowest BCUT2D eigenvalue weighted by Crippen LogP contribution is -2.45. The van der Waals surface area contributed by atoms with Crippen molar-refractivity contribution in [3.8, 4) is 0 Å². The molecule has 2 heterocycles. The summed E-state index contributed by atoms with van der Waals surface area (Å²) in [7, 11) is 1.55. The fourth-order valence-corrected chi connectivity index (χ4v) is 4.83. The van der Waals surface area contributed by atoms with E-state index in [1.54, 1.807) is 23.3 Å². The lowest BCUT2D eigenvalue weighted by atomic mass is 10.0. The Morgan fingerprint density at radius 1 is 1.39 bits per heavy atom. The first-order valence-corrected chi connectivity index (χ1v) is 11.4. The van der Waals surface area contributed by atoms with Crippen molar-refractivity contribution in [2.24, 2.45) is 16.5 Å². The van der Waals surface area contributed by atoms with Gasteiger partial charge in [0.15, 0.2) is 0 Å². The van der Waals surface area contributed by atoms with Crippen LogP contribution < -0.4 is 11.5 Å². The van der Waals surface area contributed by atoms with Crippen molar-refractivity contribution in [1.29, 1.82) is 0 Å². The first-order chi connectivity index (χ1) is 14.6. The molecular formula is C22H33N5O3S. The van der Waals surface area contributed by atoms with Crippen molar-refractivity contribution in [3.05, 3.63) is 28.8 Å². The van der Waals surface area contributed by atoms with Gasteiger partial charge in [-0.3, -0.25) is 4.99 Å². The minimum absolute atomic E-state index is 0.121. The van der Waals surface area contributed by atoms with Crippen molar-refractivity contribution in [1.82, 2.24) is 9.88 Å². The Balaban J connectivity index is 1.83. The number of ether oxygens (including phenoxy) is 2. The second-order valence-electron chi connectivity index (χ2n) is 8.93. The Morgan fingerprint density at radius 3 is 2.77 bits per heavy atom. The molecule has 1 amide bonds. The molecule has 1 aliphatic heterocycles. The van der Waals surface area contributed by atoms with Crippen LogP contribution in [-0.2, 0) is 9.47 Å². The Bertz CT molecular complexity index is 952. The zero-order valence-corrected chi connectivity index (χ0v) is 19.7. The maximum atomic E-state index is 12.5. The van der Waals surface area contributed by atoms with Gasteiger partial charge in [0.1, 0.15) is 28.6 Å². The summed E-state index contributed by atoms with van der Waals surface area (Å²) in [4.78, 5) is 23.7. The molecule has 31 heavy (non-hydrogen) atoms. The van der Waals surface area contributed by atoms with Crippen LogP contribution in [0.3, 0.4) is 0 Å². The number of nitrogens with zero attached hydrogens (tertiary/aromatic N) is 3. The molecule has 1 saturated heterocycles. The van der Waals surface area contributed by atoms with E-state index in [1.807, 2.05) is 32.9 Å². The number of benzene rings is 1. The maximum Gasteiger partial charge on any atom is 0.410 e. The highest BCUT2D eigenvalue weighted by atomic mass is 32.1. The standard InChI is InChI=1S/C22H33N5O3S/c1-13-8-6-10-15-17(13)31-20(26-15)16(19(24)29-5)18(23)25-14-9-7-11-27(12-14)21(28)30-22(2,3)4/h6,8,10,14,16,19H,7,9,11-12,24H2,1-5H3,(H2,23,25). The Labute approximate surface area is 187 Å². The number of methoxy groups -OCH3 is 1. The third-order valence-corrected chi connectivity index (χ3v) is 6.48. The molecule has 3 unspecified atom stereocenters. The van der Waals surface area contributed by atoms with Crippen molar-refractivity contribution in [2.75, 3.05) is 20.2 Å².